The second kappa shape index (κ2) is 8.68. The van der Waals surface area contributed by atoms with Crippen molar-refractivity contribution in [2.75, 3.05) is 19.5 Å². The van der Waals surface area contributed by atoms with Gasteiger partial charge in [-0.3, -0.25) is 9.36 Å². The lowest BCUT2D eigenvalue weighted by molar-refractivity contribution is 0.0601. The van der Waals surface area contributed by atoms with Crippen LogP contribution in [0.15, 0.2) is 28.2 Å². The van der Waals surface area contributed by atoms with E-state index in [0.717, 1.165) is 38.0 Å². The minimum absolute atomic E-state index is 0.0605. The van der Waals surface area contributed by atoms with Gasteiger partial charge in [0.05, 0.1) is 29.7 Å². The predicted molar refractivity (Wildman–Crippen MR) is 102 cm³/mol. The third-order valence-corrected chi connectivity index (χ3v) is 5.61. The number of benzene rings is 1. The molecule has 140 valence electrons. The van der Waals surface area contributed by atoms with Crippen LogP contribution < -0.4 is 5.56 Å². The number of carbonyl (C=O) groups excluding carboxylic acids is 1. The highest BCUT2D eigenvalue weighted by atomic mass is 32.2. The quantitative estimate of drug-likeness (QED) is 0.420. The number of aromatic nitrogens is 2. The maximum absolute atomic E-state index is 13.0. The van der Waals surface area contributed by atoms with Gasteiger partial charge in [0, 0.05) is 18.9 Å². The number of thioether (sulfide) groups is 1. The summed E-state index contributed by atoms with van der Waals surface area (Å²) in [7, 11) is 1.34. The van der Waals surface area contributed by atoms with Gasteiger partial charge in [-0.15, -0.1) is 0 Å². The molecule has 1 aliphatic heterocycles. The number of fused-ring (bicyclic) bond motifs is 1. The SMILES string of the molecule is CCCCn1c(SC[C@H]2CCCO2)nc2cc(C(=O)OC)ccc2c1=O. The van der Waals surface area contributed by atoms with Crippen LogP contribution in [0.4, 0.5) is 0 Å². The number of unbranched alkanes of at least 4 members (excludes halogenated alkanes) is 1. The summed E-state index contributed by atoms with van der Waals surface area (Å²) < 4.78 is 12.2. The maximum Gasteiger partial charge on any atom is 0.337 e. The van der Waals surface area contributed by atoms with Gasteiger partial charge < -0.3 is 9.47 Å². The number of ether oxygens (including phenoxy) is 2. The molecule has 0 N–H and O–H groups in total. The number of methoxy groups -OCH3 is 1. The van der Waals surface area contributed by atoms with Gasteiger partial charge in [0.2, 0.25) is 0 Å². The van der Waals surface area contributed by atoms with E-state index in [1.165, 1.54) is 7.11 Å². The van der Waals surface area contributed by atoms with Crippen LogP contribution >= 0.6 is 11.8 Å². The molecule has 1 aromatic heterocycles. The Hall–Kier alpha value is -1.86. The monoisotopic (exact) mass is 376 g/mol. The summed E-state index contributed by atoms with van der Waals surface area (Å²) in [6.07, 6.45) is 4.27. The summed E-state index contributed by atoms with van der Waals surface area (Å²) >= 11 is 1.55. The first-order valence-electron chi connectivity index (χ1n) is 9.01. The van der Waals surface area contributed by atoms with Gasteiger partial charge in [-0.2, -0.15) is 0 Å². The maximum atomic E-state index is 13.0. The zero-order valence-electron chi connectivity index (χ0n) is 15.2. The normalized spacial score (nSPS) is 16.9. The van der Waals surface area contributed by atoms with Crippen molar-refractivity contribution >= 4 is 28.6 Å². The third kappa shape index (κ3) is 4.10. The Balaban J connectivity index is 1.99. The zero-order chi connectivity index (χ0) is 18.5. The highest BCUT2D eigenvalue weighted by Crippen LogP contribution is 2.24. The lowest BCUT2D eigenvalue weighted by atomic mass is 10.1. The highest BCUT2D eigenvalue weighted by molar-refractivity contribution is 7.99. The number of rotatable bonds is 7. The highest BCUT2D eigenvalue weighted by Gasteiger charge is 2.19. The largest absolute Gasteiger partial charge is 0.465 e. The fraction of sp³-hybridized carbons (Fsp3) is 0.526. The molecule has 0 aliphatic carbocycles. The molecule has 3 rings (SSSR count). The molecule has 2 heterocycles. The van der Waals surface area contributed by atoms with Gasteiger partial charge >= 0.3 is 5.97 Å². The van der Waals surface area contributed by atoms with Crippen molar-refractivity contribution in [2.24, 2.45) is 0 Å². The number of hydrogen-bond acceptors (Lipinski definition) is 6. The van der Waals surface area contributed by atoms with E-state index < -0.39 is 5.97 Å². The average Bonchev–Trinajstić information content (AvgIpc) is 3.18. The van der Waals surface area contributed by atoms with Crippen molar-refractivity contribution in [1.29, 1.82) is 0 Å². The fourth-order valence-corrected chi connectivity index (χ4v) is 4.10. The van der Waals surface area contributed by atoms with E-state index in [1.807, 2.05) is 0 Å². The summed E-state index contributed by atoms with van der Waals surface area (Å²) in [5.41, 5.74) is 0.864. The lowest BCUT2D eigenvalue weighted by Gasteiger charge is -2.14. The summed E-state index contributed by atoms with van der Waals surface area (Å²) in [5, 5.41) is 1.21. The van der Waals surface area contributed by atoms with E-state index in [-0.39, 0.29) is 11.7 Å². The lowest BCUT2D eigenvalue weighted by Crippen LogP contribution is -2.24. The van der Waals surface area contributed by atoms with Crippen molar-refractivity contribution < 1.29 is 14.3 Å². The van der Waals surface area contributed by atoms with Gasteiger partial charge in [-0.1, -0.05) is 25.1 Å². The molecule has 6 nitrogen and oxygen atoms in total. The van der Waals surface area contributed by atoms with Crippen LogP contribution in [0.5, 0.6) is 0 Å². The Morgan fingerprint density at radius 3 is 3.00 bits per heavy atom. The molecule has 26 heavy (non-hydrogen) atoms. The second-order valence-corrected chi connectivity index (χ2v) is 7.36. The molecule has 7 heteroatoms. The Bertz CT molecular complexity index is 843. The molecule has 2 aromatic rings. The number of nitrogens with zero attached hydrogens (tertiary/aromatic N) is 2. The van der Waals surface area contributed by atoms with Gasteiger partial charge in [0.1, 0.15) is 0 Å². The third-order valence-electron chi connectivity index (χ3n) is 4.50. The van der Waals surface area contributed by atoms with Crippen LogP contribution in [0.3, 0.4) is 0 Å². The average molecular weight is 376 g/mol. The summed E-state index contributed by atoms with van der Waals surface area (Å²) in [4.78, 5) is 29.4. The van der Waals surface area contributed by atoms with Crippen LogP contribution in [0.2, 0.25) is 0 Å². The smallest absolute Gasteiger partial charge is 0.337 e. The van der Waals surface area contributed by atoms with Crippen LogP contribution in [-0.2, 0) is 16.0 Å². The standard InChI is InChI=1S/C19H24N2O4S/c1-3-4-9-21-17(22)15-8-7-13(18(23)24-2)11-16(15)20-19(21)26-12-14-6-5-10-25-14/h7-8,11,14H,3-6,9-10,12H2,1-2H3/t14-/m1/s1. The van der Waals surface area contributed by atoms with E-state index in [9.17, 15) is 9.59 Å². The van der Waals surface area contributed by atoms with Crippen molar-refractivity contribution in [3.8, 4) is 0 Å². The molecular weight excluding hydrogens is 352 g/mol. The van der Waals surface area contributed by atoms with Crippen molar-refractivity contribution in [1.82, 2.24) is 9.55 Å². The molecule has 0 bridgehead atoms. The Kier molecular flexibility index (Phi) is 6.32. The van der Waals surface area contributed by atoms with Gasteiger partial charge in [-0.25, -0.2) is 9.78 Å². The topological polar surface area (TPSA) is 70.4 Å². The van der Waals surface area contributed by atoms with E-state index in [1.54, 1.807) is 34.5 Å². The first-order chi connectivity index (χ1) is 12.6. The molecule has 0 spiro atoms. The first-order valence-corrected chi connectivity index (χ1v) is 10.00. The molecular formula is C19H24N2O4S. The summed E-state index contributed by atoms with van der Waals surface area (Å²) in [5.74, 6) is 0.346. The molecule has 1 atom stereocenters. The molecule has 0 saturated carbocycles. The molecule has 0 amide bonds. The van der Waals surface area contributed by atoms with E-state index in [0.29, 0.717) is 28.2 Å². The summed E-state index contributed by atoms with van der Waals surface area (Å²) in [6.45, 7) is 3.55. The van der Waals surface area contributed by atoms with E-state index in [4.69, 9.17) is 9.47 Å². The van der Waals surface area contributed by atoms with E-state index >= 15 is 0 Å². The summed E-state index contributed by atoms with van der Waals surface area (Å²) in [6, 6.07) is 4.90. The molecule has 1 aromatic carbocycles. The van der Waals surface area contributed by atoms with Gasteiger partial charge in [-0.05, 0) is 37.5 Å². The van der Waals surface area contributed by atoms with Crippen molar-refractivity contribution in [2.45, 2.75) is 50.4 Å². The fourth-order valence-electron chi connectivity index (χ4n) is 3.01. The number of carbonyl (C=O) groups is 1. The van der Waals surface area contributed by atoms with Gasteiger partial charge in [0.25, 0.3) is 5.56 Å². The molecule has 0 unspecified atom stereocenters. The predicted octanol–water partition coefficient (Wildman–Crippen LogP) is 3.25. The molecule has 1 fully saturated rings. The van der Waals surface area contributed by atoms with Gasteiger partial charge in [0.15, 0.2) is 5.16 Å². The van der Waals surface area contributed by atoms with Crippen LogP contribution in [0, 0.1) is 0 Å². The minimum atomic E-state index is -0.433. The number of esters is 1. The van der Waals surface area contributed by atoms with E-state index in [2.05, 4.69) is 11.9 Å². The second-order valence-electron chi connectivity index (χ2n) is 6.37. The Morgan fingerprint density at radius 2 is 2.31 bits per heavy atom. The van der Waals surface area contributed by atoms with Crippen molar-refractivity contribution in [3.63, 3.8) is 0 Å². The van der Waals surface area contributed by atoms with Crippen LogP contribution in [0.1, 0.15) is 43.0 Å². The van der Waals surface area contributed by atoms with Crippen LogP contribution in [0.25, 0.3) is 10.9 Å². The zero-order valence-corrected chi connectivity index (χ0v) is 16.0. The molecule has 0 radical (unpaired) electrons. The Labute approximate surface area is 156 Å². The Morgan fingerprint density at radius 1 is 1.46 bits per heavy atom. The minimum Gasteiger partial charge on any atom is -0.465 e. The number of hydrogen-bond donors (Lipinski definition) is 0. The van der Waals surface area contributed by atoms with Crippen molar-refractivity contribution in [3.05, 3.63) is 34.1 Å². The molecule has 1 aliphatic rings. The molecule has 1 saturated heterocycles. The van der Waals surface area contributed by atoms with Crippen LogP contribution in [-0.4, -0.2) is 41.1 Å². The first kappa shape index (κ1) is 18.9.